The van der Waals surface area contributed by atoms with Crippen LogP contribution < -0.4 is 5.32 Å². The van der Waals surface area contributed by atoms with Gasteiger partial charge in [-0.1, -0.05) is 17.7 Å². The van der Waals surface area contributed by atoms with Gasteiger partial charge in [-0.15, -0.1) is 11.8 Å². The molecule has 0 saturated carbocycles. The third-order valence-corrected chi connectivity index (χ3v) is 5.29. The van der Waals surface area contributed by atoms with Crippen LogP contribution in [0.4, 0.5) is 0 Å². The predicted octanol–water partition coefficient (Wildman–Crippen LogP) is 2.85. The number of methoxy groups -OCH3 is 1. The Labute approximate surface area is 138 Å². The number of aryl methyl sites for hydroxylation is 1. The maximum Gasteiger partial charge on any atom is 0.325 e. The lowest BCUT2D eigenvalue weighted by atomic mass is 9.97. The molecule has 1 aliphatic heterocycles. The van der Waals surface area contributed by atoms with E-state index >= 15 is 0 Å². The number of furan rings is 1. The van der Waals surface area contributed by atoms with Crippen molar-refractivity contribution >= 4 is 23.6 Å². The number of carbonyl (C=O) groups excluding carboxylic acids is 2. The standard InChI is InChI=1S/C17H17NO4S/c1-11-5-7-12(8-6-11)23-17(16(20)21-2)10-14(19)18-15(17)13-4-3-9-22-13/h3-9,15H,10H2,1-2H3,(H,18,19)/t15-,17-/m1/s1. The van der Waals surface area contributed by atoms with Gasteiger partial charge in [0.1, 0.15) is 11.8 Å². The topological polar surface area (TPSA) is 68.5 Å². The zero-order valence-corrected chi connectivity index (χ0v) is 13.7. The number of hydrogen-bond donors (Lipinski definition) is 1. The summed E-state index contributed by atoms with van der Waals surface area (Å²) in [4.78, 5) is 25.5. The van der Waals surface area contributed by atoms with Crippen LogP contribution >= 0.6 is 11.8 Å². The van der Waals surface area contributed by atoms with Crippen LogP contribution in [0.25, 0.3) is 0 Å². The predicted molar refractivity (Wildman–Crippen MR) is 86.0 cm³/mol. The molecule has 0 bridgehead atoms. The van der Waals surface area contributed by atoms with Gasteiger partial charge in [0, 0.05) is 4.90 Å². The lowest BCUT2D eigenvalue weighted by Crippen LogP contribution is -2.41. The highest BCUT2D eigenvalue weighted by atomic mass is 32.2. The Bertz CT molecular complexity index is 711. The molecule has 5 nitrogen and oxygen atoms in total. The van der Waals surface area contributed by atoms with E-state index in [-0.39, 0.29) is 12.3 Å². The van der Waals surface area contributed by atoms with E-state index in [1.54, 1.807) is 12.1 Å². The van der Waals surface area contributed by atoms with Crippen molar-refractivity contribution in [2.24, 2.45) is 0 Å². The molecular weight excluding hydrogens is 314 g/mol. The average molecular weight is 331 g/mol. The van der Waals surface area contributed by atoms with Gasteiger partial charge >= 0.3 is 5.97 Å². The summed E-state index contributed by atoms with van der Waals surface area (Å²) in [7, 11) is 1.34. The minimum absolute atomic E-state index is 0.0452. The van der Waals surface area contributed by atoms with Crippen LogP contribution in [0.1, 0.15) is 23.8 Å². The number of amides is 1. The molecular formula is C17H17NO4S. The van der Waals surface area contributed by atoms with E-state index in [0.717, 1.165) is 10.5 Å². The second-order valence-electron chi connectivity index (χ2n) is 5.49. The maximum absolute atomic E-state index is 12.6. The summed E-state index contributed by atoms with van der Waals surface area (Å²) >= 11 is 1.33. The first-order valence-corrected chi connectivity index (χ1v) is 8.04. The average Bonchev–Trinajstić information content (AvgIpc) is 3.17. The van der Waals surface area contributed by atoms with Crippen molar-refractivity contribution in [1.29, 1.82) is 0 Å². The van der Waals surface area contributed by atoms with Gasteiger partial charge in [-0.3, -0.25) is 9.59 Å². The number of esters is 1. The fourth-order valence-electron chi connectivity index (χ4n) is 2.74. The van der Waals surface area contributed by atoms with Gasteiger partial charge in [0.25, 0.3) is 0 Å². The van der Waals surface area contributed by atoms with E-state index in [1.165, 1.54) is 25.1 Å². The van der Waals surface area contributed by atoms with Gasteiger partial charge in [0.05, 0.1) is 19.8 Å². The van der Waals surface area contributed by atoms with E-state index in [2.05, 4.69) is 5.32 Å². The number of hydrogen-bond acceptors (Lipinski definition) is 5. The highest BCUT2D eigenvalue weighted by molar-refractivity contribution is 8.01. The first-order chi connectivity index (χ1) is 11.0. The molecule has 120 valence electrons. The normalized spacial score (nSPS) is 23.6. The minimum Gasteiger partial charge on any atom is -0.468 e. The molecule has 3 rings (SSSR count). The molecule has 1 saturated heterocycles. The molecule has 0 unspecified atom stereocenters. The van der Waals surface area contributed by atoms with Crippen LogP contribution in [-0.2, 0) is 14.3 Å². The summed E-state index contributed by atoms with van der Waals surface area (Å²) in [5.41, 5.74) is 1.13. The Morgan fingerprint density at radius 3 is 2.70 bits per heavy atom. The molecule has 2 aromatic rings. The van der Waals surface area contributed by atoms with Crippen molar-refractivity contribution in [3.05, 3.63) is 54.0 Å². The smallest absolute Gasteiger partial charge is 0.325 e. The van der Waals surface area contributed by atoms with E-state index < -0.39 is 16.8 Å². The molecule has 6 heteroatoms. The van der Waals surface area contributed by atoms with Crippen LogP contribution in [0.5, 0.6) is 0 Å². The fraction of sp³-hybridized carbons (Fsp3) is 0.294. The van der Waals surface area contributed by atoms with Gasteiger partial charge in [0.15, 0.2) is 4.75 Å². The first-order valence-electron chi connectivity index (χ1n) is 7.22. The van der Waals surface area contributed by atoms with Crippen LogP contribution in [0.3, 0.4) is 0 Å². The van der Waals surface area contributed by atoms with E-state index in [1.807, 2.05) is 31.2 Å². The monoisotopic (exact) mass is 331 g/mol. The third kappa shape index (κ3) is 2.86. The Morgan fingerprint density at radius 1 is 1.35 bits per heavy atom. The Balaban J connectivity index is 2.02. The molecule has 2 atom stereocenters. The van der Waals surface area contributed by atoms with Crippen LogP contribution in [0.15, 0.2) is 52.0 Å². The quantitative estimate of drug-likeness (QED) is 0.873. The molecule has 1 aliphatic rings. The SMILES string of the molecule is COC(=O)[C@@]1(Sc2ccc(C)cc2)CC(=O)N[C@@H]1c1ccco1. The molecule has 0 aliphatic carbocycles. The molecule has 23 heavy (non-hydrogen) atoms. The second kappa shape index (κ2) is 6.12. The lowest BCUT2D eigenvalue weighted by Gasteiger charge is -2.29. The summed E-state index contributed by atoms with van der Waals surface area (Å²) in [5, 5.41) is 2.84. The summed E-state index contributed by atoms with van der Waals surface area (Å²) < 4.78 is 9.37. The largest absolute Gasteiger partial charge is 0.468 e. The number of rotatable bonds is 4. The Kier molecular flexibility index (Phi) is 4.17. The number of thioether (sulfide) groups is 1. The van der Waals surface area contributed by atoms with E-state index in [4.69, 9.17) is 9.15 Å². The van der Waals surface area contributed by atoms with Crippen molar-refractivity contribution < 1.29 is 18.7 Å². The van der Waals surface area contributed by atoms with Gasteiger partial charge in [0.2, 0.25) is 5.91 Å². The van der Waals surface area contributed by atoms with Crippen molar-refractivity contribution in [3.8, 4) is 0 Å². The molecule has 1 N–H and O–H groups in total. The molecule has 1 fully saturated rings. The van der Waals surface area contributed by atoms with Gasteiger partial charge < -0.3 is 14.5 Å². The molecule has 1 aromatic heterocycles. The lowest BCUT2D eigenvalue weighted by molar-refractivity contribution is -0.144. The number of carbonyl (C=O) groups is 2. The summed E-state index contributed by atoms with van der Waals surface area (Å²) in [6, 6.07) is 10.7. The summed E-state index contributed by atoms with van der Waals surface area (Å²) in [6.45, 7) is 2.00. The molecule has 1 amide bonds. The minimum atomic E-state index is -1.08. The maximum atomic E-state index is 12.6. The van der Waals surface area contributed by atoms with Crippen molar-refractivity contribution in [2.75, 3.05) is 7.11 Å². The zero-order valence-electron chi connectivity index (χ0n) is 12.9. The van der Waals surface area contributed by atoms with Gasteiger partial charge in [-0.05, 0) is 31.2 Å². The first kappa shape index (κ1) is 15.7. The highest BCUT2D eigenvalue weighted by Crippen LogP contribution is 2.49. The van der Waals surface area contributed by atoms with Gasteiger partial charge in [-0.25, -0.2) is 0 Å². The molecule has 0 spiro atoms. The number of nitrogens with one attached hydrogen (secondary N) is 1. The van der Waals surface area contributed by atoms with Crippen molar-refractivity contribution in [2.45, 2.75) is 29.0 Å². The zero-order chi connectivity index (χ0) is 16.4. The summed E-state index contributed by atoms with van der Waals surface area (Å²) in [5.74, 6) is -0.0971. The fourth-order valence-corrected chi connectivity index (χ4v) is 4.10. The van der Waals surface area contributed by atoms with Crippen LogP contribution in [0, 0.1) is 6.92 Å². The third-order valence-electron chi connectivity index (χ3n) is 3.87. The number of benzene rings is 1. The second-order valence-corrected chi connectivity index (χ2v) is 6.89. The Hall–Kier alpha value is -2.21. The molecule has 2 heterocycles. The molecule has 1 aromatic carbocycles. The van der Waals surface area contributed by atoms with Crippen LogP contribution in [-0.4, -0.2) is 23.7 Å². The van der Waals surface area contributed by atoms with Crippen molar-refractivity contribution in [3.63, 3.8) is 0 Å². The van der Waals surface area contributed by atoms with Crippen molar-refractivity contribution in [1.82, 2.24) is 5.32 Å². The van der Waals surface area contributed by atoms with Gasteiger partial charge in [-0.2, -0.15) is 0 Å². The van der Waals surface area contributed by atoms with E-state index in [9.17, 15) is 9.59 Å². The summed E-state index contributed by atoms with van der Waals surface area (Å²) in [6.07, 6.45) is 1.57. The van der Waals surface area contributed by atoms with E-state index in [0.29, 0.717) is 5.76 Å². The highest BCUT2D eigenvalue weighted by Gasteiger charge is 2.56. The van der Waals surface area contributed by atoms with Crippen LogP contribution in [0.2, 0.25) is 0 Å². The molecule has 0 radical (unpaired) electrons. The number of ether oxygens (including phenoxy) is 1. The Morgan fingerprint density at radius 2 is 2.09 bits per heavy atom.